The van der Waals surface area contributed by atoms with Gasteiger partial charge in [0, 0.05) is 39.3 Å². The molecular weight excluding hydrogens is 330 g/mol. The first-order valence-electron chi connectivity index (χ1n) is 9.61. The number of hydrogen-bond donors (Lipinski definition) is 1. The van der Waals surface area contributed by atoms with E-state index in [2.05, 4.69) is 5.32 Å². The van der Waals surface area contributed by atoms with Crippen LogP contribution < -0.4 is 5.32 Å². The Balaban J connectivity index is 1.48. The number of carbonyl (C=O) groups is 2. The van der Waals surface area contributed by atoms with E-state index in [4.69, 9.17) is 4.74 Å². The third-order valence-electron chi connectivity index (χ3n) is 5.31. The van der Waals surface area contributed by atoms with E-state index in [0.717, 1.165) is 44.3 Å². The van der Waals surface area contributed by atoms with Gasteiger partial charge in [0.1, 0.15) is 0 Å². The van der Waals surface area contributed by atoms with Gasteiger partial charge in [0.15, 0.2) is 6.10 Å². The Morgan fingerprint density at radius 3 is 2.23 bits per heavy atom. The lowest BCUT2D eigenvalue weighted by Gasteiger charge is -2.37. The number of likely N-dealkylation sites (tertiary alicyclic amines) is 2. The van der Waals surface area contributed by atoms with Gasteiger partial charge >= 0.3 is 6.03 Å². The summed E-state index contributed by atoms with van der Waals surface area (Å²) < 4.78 is 5.40. The van der Waals surface area contributed by atoms with Gasteiger partial charge in [-0.25, -0.2) is 4.79 Å². The summed E-state index contributed by atoms with van der Waals surface area (Å²) >= 11 is 0. The summed E-state index contributed by atoms with van der Waals surface area (Å²) in [5.41, 5.74) is 0.852. The Labute approximate surface area is 155 Å². The van der Waals surface area contributed by atoms with Crippen molar-refractivity contribution in [2.45, 2.75) is 44.2 Å². The van der Waals surface area contributed by atoms with Crippen LogP contribution in [0.2, 0.25) is 0 Å². The van der Waals surface area contributed by atoms with E-state index in [0.29, 0.717) is 13.1 Å². The molecule has 2 aliphatic rings. The van der Waals surface area contributed by atoms with Crippen LogP contribution in [0.3, 0.4) is 0 Å². The van der Waals surface area contributed by atoms with Crippen LogP contribution >= 0.6 is 0 Å². The standard InChI is InChI=1S/C20H29N3O3/c1-26-18(16-8-4-2-5-9-16)19(24)21-17-10-14-23(15-11-17)20(25)22-12-6-3-7-13-22/h2,4-5,8-9,17-18H,3,6-7,10-15H2,1H3,(H,21,24). The Kier molecular flexibility index (Phi) is 6.50. The van der Waals surface area contributed by atoms with E-state index < -0.39 is 6.10 Å². The van der Waals surface area contributed by atoms with Crippen LogP contribution in [0.5, 0.6) is 0 Å². The molecule has 0 saturated carbocycles. The molecule has 3 rings (SSSR count). The number of urea groups is 1. The number of hydrogen-bond acceptors (Lipinski definition) is 3. The fraction of sp³-hybridized carbons (Fsp3) is 0.600. The quantitative estimate of drug-likeness (QED) is 0.899. The Bertz CT molecular complexity index is 594. The highest BCUT2D eigenvalue weighted by Gasteiger charge is 2.29. The molecule has 0 radical (unpaired) electrons. The molecule has 2 saturated heterocycles. The third kappa shape index (κ3) is 4.55. The normalized spacial score (nSPS) is 19.9. The molecule has 0 aromatic heterocycles. The van der Waals surface area contributed by atoms with Crippen LogP contribution in [-0.2, 0) is 9.53 Å². The van der Waals surface area contributed by atoms with Crippen LogP contribution in [0.25, 0.3) is 0 Å². The van der Waals surface area contributed by atoms with E-state index in [1.807, 2.05) is 40.1 Å². The average Bonchev–Trinajstić information content (AvgIpc) is 2.70. The van der Waals surface area contributed by atoms with Gasteiger partial charge in [-0.3, -0.25) is 4.79 Å². The number of nitrogens with zero attached hydrogens (tertiary/aromatic N) is 2. The van der Waals surface area contributed by atoms with Crippen LogP contribution in [0.15, 0.2) is 30.3 Å². The zero-order valence-electron chi connectivity index (χ0n) is 15.5. The molecule has 1 aromatic rings. The first kappa shape index (κ1) is 18.7. The van der Waals surface area contributed by atoms with Gasteiger partial charge in [0.2, 0.25) is 0 Å². The molecule has 2 heterocycles. The van der Waals surface area contributed by atoms with E-state index in [1.165, 1.54) is 6.42 Å². The highest BCUT2D eigenvalue weighted by atomic mass is 16.5. The minimum atomic E-state index is -0.593. The molecule has 6 nitrogen and oxygen atoms in total. The van der Waals surface area contributed by atoms with E-state index in [1.54, 1.807) is 7.11 Å². The molecule has 26 heavy (non-hydrogen) atoms. The van der Waals surface area contributed by atoms with Crippen molar-refractivity contribution in [2.24, 2.45) is 0 Å². The van der Waals surface area contributed by atoms with Gasteiger partial charge in [0.25, 0.3) is 5.91 Å². The number of methoxy groups -OCH3 is 1. The summed E-state index contributed by atoms with van der Waals surface area (Å²) in [6, 6.07) is 9.77. The highest BCUT2D eigenvalue weighted by Crippen LogP contribution is 2.19. The molecule has 1 atom stereocenters. The van der Waals surface area contributed by atoms with Crippen molar-refractivity contribution in [3.63, 3.8) is 0 Å². The van der Waals surface area contributed by atoms with Gasteiger partial charge in [-0.15, -0.1) is 0 Å². The van der Waals surface area contributed by atoms with Crippen LogP contribution in [-0.4, -0.2) is 61.1 Å². The SMILES string of the molecule is COC(C(=O)NC1CCN(C(=O)N2CCCCC2)CC1)c1ccccc1. The number of carbonyl (C=O) groups excluding carboxylic acids is 2. The lowest BCUT2D eigenvalue weighted by molar-refractivity contribution is -0.132. The fourth-order valence-electron chi connectivity index (χ4n) is 3.80. The number of piperidine rings is 2. The second-order valence-electron chi connectivity index (χ2n) is 7.13. The van der Waals surface area contributed by atoms with Gasteiger partial charge in [0.05, 0.1) is 0 Å². The van der Waals surface area contributed by atoms with Crippen molar-refractivity contribution in [3.8, 4) is 0 Å². The molecular formula is C20H29N3O3. The molecule has 1 unspecified atom stereocenters. The van der Waals surface area contributed by atoms with Gasteiger partial charge in [-0.05, 0) is 37.7 Å². The molecule has 1 N–H and O–H groups in total. The molecule has 3 amide bonds. The number of ether oxygens (including phenoxy) is 1. The molecule has 142 valence electrons. The van der Waals surface area contributed by atoms with Crippen molar-refractivity contribution in [1.82, 2.24) is 15.1 Å². The first-order chi connectivity index (χ1) is 12.7. The minimum Gasteiger partial charge on any atom is -0.367 e. The van der Waals surface area contributed by atoms with Crippen LogP contribution in [0.4, 0.5) is 4.79 Å². The molecule has 0 spiro atoms. The molecule has 2 fully saturated rings. The molecule has 2 aliphatic heterocycles. The Hall–Kier alpha value is -2.08. The van der Waals surface area contributed by atoms with Gasteiger partial charge in [-0.1, -0.05) is 30.3 Å². The predicted molar refractivity (Wildman–Crippen MR) is 99.7 cm³/mol. The van der Waals surface area contributed by atoms with E-state index in [-0.39, 0.29) is 18.0 Å². The summed E-state index contributed by atoms with van der Waals surface area (Å²) in [5.74, 6) is -0.112. The number of benzene rings is 1. The van der Waals surface area contributed by atoms with E-state index >= 15 is 0 Å². The number of rotatable bonds is 4. The monoisotopic (exact) mass is 359 g/mol. The van der Waals surface area contributed by atoms with Crippen molar-refractivity contribution >= 4 is 11.9 Å². The second kappa shape index (κ2) is 9.03. The summed E-state index contributed by atoms with van der Waals surface area (Å²) in [6.45, 7) is 3.15. The first-order valence-corrected chi connectivity index (χ1v) is 9.61. The highest BCUT2D eigenvalue weighted by molar-refractivity contribution is 5.82. The van der Waals surface area contributed by atoms with Gasteiger partial charge < -0.3 is 19.9 Å². The Morgan fingerprint density at radius 1 is 1.00 bits per heavy atom. The lowest BCUT2D eigenvalue weighted by atomic mass is 10.0. The smallest absolute Gasteiger partial charge is 0.319 e. The minimum absolute atomic E-state index is 0.0919. The van der Waals surface area contributed by atoms with Crippen molar-refractivity contribution in [3.05, 3.63) is 35.9 Å². The predicted octanol–water partition coefficient (Wildman–Crippen LogP) is 2.56. The Morgan fingerprint density at radius 2 is 1.62 bits per heavy atom. The molecule has 0 bridgehead atoms. The fourth-order valence-corrected chi connectivity index (χ4v) is 3.80. The topological polar surface area (TPSA) is 61.9 Å². The van der Waals surface area contributed by atoms with Gasteiger partial charge in [-0.2, -0.15) is 0 Å². The lowest BCUT2D eigenvalue weighted by Crippen LogP contribution is -2.52. The number of amides is 3. The molecule has 1 aromatic carbocycles. The largest absolute Gasteiger partial charge is 0.367 e. The zero-order valence-corrected chi connectivity index (χ0v) is 15.5. The maximum atomic E-state index is 12.6. The maximum absolute atomic E-state index is 12.6. The number of nitrogens with one attached hydrogen (secondary N) is 1. The summed E-state index contributed by atoms with van der Waals surface area (Å²) in [7, 11) is 1.55. The summed E-state index contributed by atoms with van der Waals surface area (Å²) in [6.07, 6.45) is 4.42. The average molecular weight is 359 g/mol. The third-order valence-corrected chi connectivity index (χ3v) is 5.31. The zero-order chi connectivity index (χ0) is 18.4. The van der Waals surface area contributed by atoms with E-state index in [9.17, 15) is 9.59 Å². The van der Waals surface area contributed by atoms with Crippen molar-refractivity contribution in [2.75, 3.05) is 33.3 Å². The van der Waals surface area contributed by atoms with Crippen molar-refractivity contribution < 1.29 is 14.3 Å². The van der Waals surface area contributed by atoms with Crippen LogP contribution in [0, 0.1) is 0 Å². The summed E-state index contributed by atoms with van der Waals surface area (Å²) in [5, 5.41) is 3.09. The van der Waals surface area contributed by atoms with Crippen LogP contribution in [0.1, 0.15) is 43.8 Å². The maximum Gasteiger partial charge on any atom is 0.319 e. The molecule has 0 aliphatic carbocycles. The second-order valence-corrected chi connectivity index (χ2v) is 7.13. The summed E-state index contributed by atoms with van der Waals surface area (Å²) in [4.78, 5) is 29.0. The molecule has 6 heteroatoms. The van der Waals surface area contributed by atoms with Crippen molar-refractivity contribution in [1.29, 1.82) is 0 Å².